The van der Waals surface area contributed by atoms with Crippen LogP contribution in [0.2, 0.25) is 0 Å². The average molecular weight is 879 g/mol. The van der Waals surface area contributed by atoms with Gasteiger partial charge in [0.05, 0.1) is 0 Å². The highest BCUT2D eigenvalue weighted by Gasteiger charge is 2.32. The first kappa shape index (κ1) is 53.6. The fourth-order valence-electron chi connectivity index (χ4n) is 11.8. The van der Waals surface area contributed by atoms with Crippen molar-refractivity contribution in [3.8, 4) is 33.4 Å². The summed E-state index contributed by atoms with van der Waals surface area (Å²) in [4.78, 5) is 0. The average Bonchev–Trinajstić information content (AvgIpc) is 3.38. The Morgan fingerprint density at radius 1 is 0.0789 bits per heavy atom. The predicted octanol–water partition coefficient (Wildman–Crippen LogP) is -20.1. The summed E-state index contributed by atoms with van der Waals surface area (Å²) in [6, 6.07) is 0. The zero-order valence-electron chi connectivity index (χ0n) is 40.2. The molecule has 0 bridgehead atoms. The van der Waals surface area contributed by atoms with Crippen molar-refractivity contribution in [3.05, 3.63) is 0 Å². The Balaban J connectivity index is 1.47. The van der Waals surface area contributed by atoms with Crippen LogP contribution in [0.5, 0.6) is 0 Å². The van der Waals surface area contributed by atoms with Gasteiger partial charge in [0.1, 0.15) is 220 Å². The minimum atomic E-state index is -0.273. The lowest BCUT2D eigenvalue weighted by Gasteiger charge is -2.34. The van der Waals surface area contributed by atoms with E-state index in [0.29, 0.717) is 0 Å². The van der Waals surface area contributed by atoms with E-state index in [9.17, 15) is 0 Å². The van der Waals surface area contributed by atoms with Crippen LogP contribution in [0.4, 0.5) is 0 Å². The quantitative estimate of drug-likeness (QED) is 0.123. The summed E-state index contributed by atoms with van der Waals surface area (Å²) in [6.45, 7) is 0. The second kappa shape index (κ2) is 17.5. The van der Waals surface area contributed by atoms with E-state index in [1.54, 1.807) is 0 Å². The van der Waals surface area contributed by atoms with Crippen molar-refractivity contribution in [2.45, 2.75) is 0 Å². The predicted molar refractivity (Wildman–Crippen MR) is 359 cm³/mol. The monoisotopic (exact) mass is 884 g/mol. The van der Waals surface area contributed by atoms with Crippen LogP contribution < -0.4 is 153 Å². The molecule has 0 fully saturated rings. The first-order valence-corrected chi connectivity index (χ1v) is 22.6. The van der Waals surface area contributed by atoms with Gasteiger partial charge in [-0.15, -0.1) is 21.9 Å². The van der Waals surface area contributed by atoms with Gasteiger partial charge in [0.15, 0.2) is 0 Å². The number of benzene rings is 11. The van der Waals surface area contributed by atoms with E-state index < -0.39 is 0 Å². The number of rotatable bonds is 3. The summed E-state index contributed by atoms with van der Waals surface area (Å²) in [5.74, 6) is 0. The smallest absolute Gasteiger partial charge is 0.110 e. The summed E-state index contributed by atoms with van der Waals surface area (Å²) < 4.78 is 0. The van der Waals surface area contributed by atoms with Crippen LogP contribution in [0.1, 0.15) is 0 Å². The fourth-order valence-corrected chi connectivity index (χ4v) is 11.8. The summed E-state index contributed by atoms with van der Waals surface area (Å²) >= 11 is 0. The van der Waals surface area contributed by atoms with Gasteiger partial charge in [-0.25, -0.2) is 0 Å². The van der Waals surface area contributed by atoms with E-state index in [-0.39, 0.29) is 262 Å². The largest absolute Gasteiger partial charge is 0.115 e. The standard InChI is InChI=1S/C48B28/c49-21-15(7-5-1-3-11(31(59)25(5)53)39(67)45(73)41(69)13(3)35(63)33(61)9(1)29(57)27(7)55)22(50)17(18-24(52)19-20(38(66)37(18)65)44(72)48(76)47(75)43(19)71)23(51)16(21)8-6-2-4-12(32(60)26(6)54)40(68)46(74)42(70)14(4)36(64)34(62)10(2)30(58)28(8)56. The number of fused-ring (bicyclic) bond motifs is 1. The van der Waals surface area contributed by atoms with Crippen molar-refractivity contribution in [1.82, 2.24) is 0 Å². The minimum Gasteiger partial charge on any atom is -0.110 e. The molecule has 276 valence electrons. The molecule has 76 heavy (non-hydrogen) atoms. The Kier molecular flexibility index (Phi) is 12.4. The minimum absolute atomic E-state index is 0.0169. The van der Waals surface area contributed by atoms with Crippen LogP contribution in [-0.2, 0) is 0 Å². The van der Waals surface area contributed by atoms with Crippen molar-refractivity contribution >= 4 is 448 Å². The van der Waals surface area contributed by atoms with Crippen LogP contribution in [0.15, 0.2) is 0 Å². The SMILES string of the molecule is [B]c1c(-c2c([B])c([B])c3c([B])c([B])c([B])c([B])c3c2[B])c([B])c(-c2c([B])c([B])c3c([B])c([B])c4c([B])c([B])c([B])c5c([B])c([B])c2c3c45)c([B])c1-c1c([B])c([B])c2c([B])c([B])c3c([B])c([B])c([B])c4c([B])c([B])c1c2c34. The highest BCUT2D eigenvalue weighted by molar-refractivity contribution is 6.79. The Morgan fingerprint density at radius 3 is 0.474 bits per heavy atom. The molecule has 28 heteroatoms. The van der Waals surface area contributed by atoms with Gasteiger partial charge in [-0.1, -0.05) is 131 Å². The molecule has 0 atom stereocenters. The molecule has 0 spiro atoms. The number of hydrogen-bond acceptors (Lipinski definition) is 0. The van der Waals surface area contributed by atoms with Crippen molar-refractivity contribution < 1.29 is 0 Å². The van der Waals surface area contributed by atoms with E-state index in [1.165, 1.54) is 0 Å². The second-order valence-electron chi connectivity index (χ2n) is 19.1. The van der Waals surface area contributed by atoms with Crippen molar-refractivity contribution in [1.29, 1.82) is 0 Å². The van der Waals surface area contributed by atoms with Crippen LogP contribution in [0.25, 0.3) is 109 Å². The fraction of sp³-hybridized carbons (Fsp3) is 0. The van der Waals surface area contributed by atoms with Gasteiger partial charge >= 0.3 is 0 Å². The van der Waals surface area contributed by atoms with Crippen molar-refractivity contribution in [3.63, 3.8) is 0 Å². The van der Waals surface area contributed by atoms with Gasteiger partial charge in [-0.2, -0.15) is 0 Å². The van der Waals surface area contributed by atoms with Gasteiger partial charge in [-0.3, -0.25) is 0 Å². The molecule has 0 amide bonds. The maximum atomic E-state index is 7.62. The van der Waals surface area contributed by atoms with Gasteiger partial charge in [-0.05, 0) is 109 Å². The van der Waals surface area contributed by atoms with Gasteiger partial charge in [0.25, 0.3) is 0 Å². The van der Waals surface area contributed by atoms with Crippen LogP contribution in [0.3, 0.4) is 0 Å². The molecule has 0 N–H and O–H groups in total. The van der Waals surface area contributed by atoms with Gasteiger partial charge in [0.2, 0.25) is 0 Å². The summed E-state index contributed by atoms with van der Waals surface area (Å²) in [5.41, 5.74) is -3.88. The van der Waals surface area contributed by atoms with Crippen molar-refractivity contribution in [2.24, 2.45) is 0 Å². The lowest BCUT2D eigenvalue weighted by atomic mass is 9.54. The first-order valence-electron chi connectivity index (χ1n) is 22.6. The van der Waals surface area contributed by atoms with Gasteiger partial charge < -0.3 is 0 Å². The summed E-state index contributed by atoms with van der Waals surface area (Å²) in [6.07, 6.45) is 0. The molecule has 0 heterocycles. The third kappa shape index (κ3) is 6.32. The Morgan fingerprint density at radius 2 is 0.211 bits per heavy atom. The third-order valence-corrected chi connectivity index (χ3v) is 15.6. The molecule has 11 aromatic rings. The zero-order valence-corrected chi connectivity index (χ0v) is 40.2. The van der Waals surface area contributed by atoms with Crippen LogP contribution in [-0.4, -0.2) is 220 Å². The molecule has 0 saturated carbocycles. The summed E-state index contributed by atoms with van der Waals surface area (Å²) in [7, 11) is 194. The molecule has 11 rings (SSSR count). The Labute approximate surface area is 478 Å². The molecule has 0 aliphatic heterocycles. The van der Waals surface area contributed by atoms with E-state index in [4.69, 9.17) is 220 Å². The molecule has 0 aliphatic rings. The summed E-state index contributed by atoms with van der Waals surface area (Å²) in [5, 5.41) is 2.19. The maximum Gasteiger partial charge on any atom is 0.115 e. The van der Waals surface area contributed by atoms with E-state index >= 15 is 0 Å². The highest BCUT2D eigenvalue weighted by Crippen LogP contribution is 2.37. The molecule has 0 aromatic heterocycles. The molecule has 11 aromatic carbocycles. The third-order valence-electron chi connectivity index (χ3n) is 15.6. The molecule has 0 nitrogen and oxygen atoms in total. The lowest BCUT2D eigenvalue weighted by molar-refractivity contribution is 1.79. The Hall–Kier alpha value is -4.42. The molecule has 0 saturated heterocycles. The molecule has 0 aliphatic carbocycles. The maximum absolute atomic E-state index is 7.62. The van der Waals surface area contributed by atoms with Crippen LogP contribution >= 0.6 is 0 Å². The van der Waals surface area contributed by atoms with E-state index in [1.807, 2.05) is 0 Å². The molecular weight excluding hydrogens is 879 g/mol. The van der Waals surface area contributed by atoms with Crippen molar-refractivity contribution in [2.75, 3.05) is 0 Å². The molecular formula is C48B28. The van der Waals surface area contributed by atoms with E-state index in [2.05, 4.69) is 0 Å². The normalized spacial score (nSPS) is 12.1. The van der Waals surface area contributed by atoms with Crippen LogP contribution in [0, 0.1) is 0 Å². The van der Waals surface area contributed by atoms with E-state index in [0.717, 1.165) is 0 Å². The second-order valence-corrected chi connectivity index (χ2v) is 19.1. The lowest BCUT2D eigenvalue weighted by Crippen LogP contribution is -2.52. The number of hydrogen-bond donors (Lipinski definition) is 0. The zero-order chi connectivity index (χ0) is 55.7. The van der Waals surface area contributed by atoms with Gasteiger partial charge in [0, 0.05) is 0 Å². The molecule has 56 radical (unpaired) electrons. The Bertz CT molecular complexity index is 4380. The molecule has 0 unspecified atom stereocenters. The highest BCUT2D eigenvalue weighted by atomic mass is 14.3. The topological polar surface area (TPSA) is 0 Å². The first-order chi connectivity index (χ1) is 35.5.